The average molecular weight is 504 g/mol. The van der Waals surface area contributed by atoms with Crippen LogP contribution in [0.2, 0.25) is 0 Å². The van der Waals surface area contributed by atoms with E-state index < -0.39 is 40.3 Å². The van der Waals surface area contributed by atoms with Crippen LogP contribution in [0.5, 0.6) is 0 Å². The van der Waals surface area contributed by atoms with Gasteiger partial charge in [-0.15, -0.1) is 9.78 Å². The van der Waals surface area contributed by atoms with E-state index in [-0.39, 0.29) is 70.3 Å². The van der Waals surface area contributed by atoms with Crippen molar-refractivity contribution in [2.45, 2.75) is 30.3 Å². The Morgan fingerprint density at radius 3 is 2.64 bits per heavy atom. The van der Waals surface area contributed by atoms with E-state index in [0.29, 0.717) is 0 Å². The third-order valence-electron chi connectivity index (χ3n) is 5.00. The molecule has 0 spiro atoms. The number of fused-ring (bicyclic) bond motifs is 1. The molecule has 0 unspecified atom stereocenters. The molecule has 1 aromatic carbocycles. The molecule has 2 aliphatic rings. The van der Waals surface area contributed by atoms with Gasteiger partial charge in [-0.25, -0.2) is 17.5 Å². The maximum atomic E-state index is 12.6. The quantitative estimate of drug-likeness (QED) is 0.178. The first-order chi connectivity index (χ1) is 15.2. The minimum Gasteiger partial charge on any atom is -0.731 e. The van der Waals surface area contributed by atoms with Crippen LogP contribution in [0.4, 0.5) is 10.7 Å². The second-order valence-electron chi connectivity index (χ2n) is 6.97. The topological polar surface area (TPSA) is 181 Å². The fraction of sp³-hybridized carbons (Fsp3) is 0.353. The van der Waals surface area contributed by atoms with Crippen LogP contribution in [0.15, 0.2) is 35.5 Å². The van der Waals surface area contributed by atoms with E-state index in [9.17, 15) is 27.4 Å². The summed E-state index contributed by atoms with van der Waals surface area (Å²) in [6.07, 6.45) is -0.650. The number of likely N-dealkylation sites (tertiary alicyclic amines) is 1. The summed E-state index contributed by atoms with van der Waals surface area (Å²) in [4.78, 5) is 42.2. The second-order valence-corrected chi connectivity index (χ2v) is 9.16. The molecule has 0 saturated carbocycles. The fourth-order valence-electron chi connectivity index (χ4n) is 3.60. The number of anilines is 1. The van der Waals surface area contributed by atoms with Crippen LogP contribution in [0.3, 0.4) is 0 Å². The number of benzene rings is 1. The zero-order valence-corrected chi connectivity index (χ0v) is 21.0. The number of β-lactam (4-membered cyclic amide) rings is 1. The number of nitrogens with two attached hydrogens (primary N) is 1. The Labute approximate surface area is 214 Å². The van der Waals surface area contributed by atoms with Gasteiger partial charge in [-0.05, 0) is 12.0 Å². The minimum atomic E-state index is -4.91. The zero-order chi connectivity index (χ0) is 23.0. The monoisotopic (exact) mass is 504 g/mol. The Bertz CT molecular complexity index is 1180. The van der Waals surface area contributed by atoms with Crippen LogP contribution < -0.4 is 35.3 Å². The summed E-state index contributed by atoms with van der Waals surface area (Å²) in [7, 11) is -4.91. The summed E-state index contributed by atoms with van der Waals surface area (Å²) in [5.41, 5.74) is 6.35. The summed E-state index contributed by atoms with van der Waals surface area (Å²) >= 11 is 0.860. The van der Waals surface area contributed by atoms with Gasteiger partial charge in [-0.1, -0.05) is 42.1 Å². The number of ether oxygens (including phenoxy) is 1. The van der Waals surface area contributed by atoms with Crippen molar-refractivity contribution in [2.75, 3.05) is 18.0 Å². The molecule has 33 heavy (non-hydrogen) atoms. The predicted molar refractivity (Wildman–Crippen MR) is 108 cm³/mol. The summed E-state index contributed by atoms with van der Waals surface area (Å²) in [6.45, 7) is 0.126. The van der Waals surface area contributed by atoms with E-state index in [1.54, 1.807) is 24.3 Å². The largest absolute Gasteiger partial charge is 1.00 e. The van der Waals surface area contributed by atoms with Gasteiger partial charge in [0.05, 0.1) is 11.8 Å². The van der Waals surface area contributed by atoms with Crippen molar-refractivity contribution in [1.29, 1.82) is 0 Å². The van der Waals surface area contributed by atoms with Crippen molar-refractivity contribution < 1.29 is 61.6 Å². The normalized spacial score (nSPS) is 19.5. The van der Waals surface area contributed by atoms with E-state index >= 15 is 0 Å². The molecule has 2 atom stereocenters. The van der Waals surface area contributed by atoms with E-state index in [2.05, 4.69) is 10.1 Å². The third kappa shape index (κ3) is 5.17. The number of amides is 2. The summed E-state index contributed by atoms with van der Waals surface area (Å²) in [5.74, 6) is -1.81. The molecule has 0 radical (unpaired) electrons. The first kappa shape index (κ1) is 25.5. The molecule has 1 aromatic heterocycles. The number of nitrogen functional groups attached to an aromatic ring is 1. The van der Waals surface area contributed by atoms with Gasteiger partial charge in [0.15, 0.2) is 15.5 Å². The molecular weight excluding hydrogens is 487 g/mol. The van der Waals surface area contributed by atoms with Crippen molar-refractivity contribution >= 4 is 45.9 Å². The summed E-state index contributed by atoms with van der Waals surface area (Å²) in [6, 6.07) is 7.16. The third-order valence-corrected chi connectivity index (χ3v) is 6.84. The molecule has 170 valence electrons. The molecule has 2 aliphatic heterocycles. The number of aromatic nitrogens is 3. The molecule has 16 heteroatoms. The van der Waals surface area contributed by atoms with E-state index in [0.717, 1.165) is 22.0 Å². The Hall–Kier alpha value is -2.17. The predicted octanol–water partition coefficient (Wildman–Crippen LogP) is -3.59. The van der Waals surface area contributed by atoms with Crippen molar-refractivity contribution in [2.24, 2.45) is 0 Å². The molecule has 2 N–H and O–H groups in total. The van der Waals surface area contributed by atoms with E-state index in [1.165, 1.54) is 4.90 Å². The van der Waals surface area contributed by atoms with Gasteiger partial charge < -0.3 is 19.9 Å². The van der Waals surface area contributed by atoms with Crippen LogP contribution in [-0.2, 0) is 31.2 Å². The second kappa shape index (κ2) is 9.99. The van der Waals surface area contributed by atoms with E-state index in [1.807, 2.05) is 6.07 Å². The van der Waals surface area contributed by atoms with Gasteiger partial charge in [0.1, 0.15) is 12.6 Å². The number of carbonyl (C=O) groups excluding carboxylic acids is 3. The first-order valence-corrected chi connectivity index (χ1v) is 11.7. The number of carbonyl (C=O) groups is 3. The van der Waals surface area contributed by atoms with Crippen LogP contribution in [0.1, 0.15) is 12.0 Å². The molecule has 0 aliphatic carbocycles. The Morgan fingerprint density at radius 1 is 1.27 bits per heavy atom. The van der Waals surface area contributed by atoms with Crippen molar-refractivity contribution in [3.63, 3.8) is 0 Å². The number of rotatable bonds is 6. The van der Waals surface area contributed by atoms with Gasteiger partial charge in [0.25, 0.3) is 5.91 Å². The fourth-order valence-corrected chi connectivity index (χ4v) is 5.30. The van der Waals surface area contributed by atoms with Crippen molar-refractivity contribution in [1.82, 2.24) is 24.0 Å². The van der Waals surface area contributed by atoms with Gasteiger partial charge in [0, 0.05) is 6.54 Å². The maximum absolute atomic E-state index is 12.6. The molecule has 4 rings (SSSR count). The number of hydrogen-bond donors (Lipinski definition) is 1. The van der Waals surface area contributed by atoms with Gasteiger partial charge in [-0.2, -0.15) is 4.98 Å². The smallest absolute Gasteiger partial charge is 0.731 e. The van der Waals surface area contributed by atoms with Crippen LogP contribution in [0, 0.1) is 0 Å². The van der Waals surface area contributed by atoms with E-state index in [4.69, 9.17) is 10.5 Å². The van der Waals surface area contributed by atoms with Gasteiger partial charge >= 0.3 is 35.7 Å². The molecule has 3 heterocycles. The van der Waals surface area contributed by atoms with Crippen molar-refractivity contribution in [3.05, 3.63) is 35.9 Å². The standard InChI is InChI=1S/C17H18N6O7S2.Na/c18-15-19-16(22(20-15)17(26)30-8-10-4-2-1-3-5-10)31-9-12(24)21-7-6-11-13(21)14(25)23(11)32(27,28)29;/h1-5,11,13H,6-9H2,(H2,18,20)(H,27,28,29);/q;+1/p-1/t11-,13+;/m1./s1. The Balaban J connectivity index is 0.00000306. The molecule has 13 nitrogen and oxygen atoms in total. The number of hydrogen-bond acceptors (Lipinski definition) is 11. The van der Waals surface area contributed by atoms with Gasteiger partial charge in [0.2, 0.25) is 11.9 Å². The SMILES string of the molecule is Nc1nc(SCC(=O)N2CC[C@@H]3[C@H]2C(=O)N3S(=O)(=O)[O-])n(C(=O)OCc2ccccc2)n1.[Na+]. The number of thioether (sulfide) groups is 1. The molecule has 0 bridgehead atoms. The zero-order valence-electron chi connectivity index (χ0n) is 17.4. The molecule has 2 fully saturated rings. The molecular formula is C17H17N6NaO7S2. The maximum Gasteiger partial charge on any atom is 1.00 e. The van der Waals surface area contributed by atoms with Gasteiger partial charge in [-0.3, -0.25) is 9.59 Å². The first-order valence-electron chi connectivity index (χ1n) is 9.32. The Kier molecular flexibility index (Phi) is 7.70. The van der Waals surface area contributed by atoms with Crippen LogP contribution in [0.25, 0.3) is 0 Å². The average Bonchev–Trinajstić information content (AvgIpc) is 3.30. The van der Waals surface area contributed by atoms with Crippen LogP contribution >= 0.6 is 11.8 Å². The summed E-state index contributed by atoms with van der Waals surface area (Å²) in [5, 5.41) is 3.81. The molecule has 2 amide bonds. The molecule has 2 saturated heterocycles. The summed E-state index contributed by atoms with van der Waals surface area (Å²) < 4.78 is 39.8. The molecule has 2 aromatic rings. The number of nitrogens with zero attached hydrogens (tertiary/aromatic N) is 5. The minimum absolute atomic E-state index is 0. The van der Waals surface area contributed by atoms with Crippen LogP contribution in [-0.4, -0.2) is 79.2 Å². The van der Waals surface area contributed by atoms with Crippen molar-refractivity contribution in [3.8, 4) is 0 Å². The Morgan fingerprint density at radius 2 is 1.97 bits per heavy atom.